The highest BCUT2D eigenvalue weighted by Crippen LogP contribution is 2.28. The number of ether oxygens (including phenoxy) is 1. The lowest BCUT2D eigenvalue weighted by atomic mass is 9.96. The minimum absolute atomic E-state index is 0.0274. The van der Waals surface area contributed by atoms with Crippen LogP contribution in [0.3, 0.4) is 0 Å². The molecule has 6 heteroatoms. The van der Waals surface area contributed by atoms with Gasteiger partial charge in [0.1, 0.15) is 12.4 Å². The summed E-state index contributed by atoms with van der Waals surface area (Å²) in [6.07, 6.45) is 0.686. The maximum absolute atomic E-state index is 12.6. The summed E-state index contributed by atoms with van der Waals surface area (Å²) in [6.45, 7) is 0.741. The number of fused-ring (bicyclic) bond motifs is 2. The van der Waals surface area contributed by atoms with Crippen LogP contribution in [0.1, 0.15) is 11.3 Å². The van der Waals surface area contributed by atoms with Crippen molar-refractivity contribution in [2.45, 2.75) is 13.0 Å². The van der Waals surface area contributed by atoms with E-state index in [1.54, 1.807) is 4.68 Å². The zero-order valence-corrected chi connectivity index (χ0v) is 14.6. The molecule has 0 aliphatic carbocycles. The van der Waals surface area contributed by atoms with Gasteiger partial charge in [0.2, 0.25) is 5.91 Å². The topological polar surface area (TPSA) is 56.2 Å². The normalized spacial score (nSPS) is 16.3. The molecule has 0 saturated heterocycles. The number of halogens is 1. The summed E-state index contributed by atoms with van der Waals surface area (Å²) in [5, 5.41) is 9.00. The molecule has 1 atom stereocenters. The van der Waals surface area contributed by atoms with Crippen LogP contribution in [0.5, 0.6) is 5.75 Å². The predicted molar refractivity (Wildman–Crippen MR) is 96.7 cm³/mol. The average molecular weight is 356 g/mol. The Kier molecular flexibility index (Phi) is 4.09. The van der Waals surface area contributed by atoms with Crippen molar-refractivity contribution in [2.24, 2.45) is 13.0 Å². The molecule has 0 unspecified atom stereocenters. The first-order valence-electron chi connectivity index (χ1n) is 8.22. The van der Waals surface area contributed by atoms with Gasteiger partial charge in [0.15, 0.2) is 0 Å². The summed E-state index contributed by atoms with van der Waals surface area (Å²) in [5.41, 5.74) is 2.79. The second-order valence-electron chi connectivity index (χ2n) is 6.24. The number of para-hydroxylation sites is 1. The molecule has 0 fully saturated rings. The van der Waals surface area contributed by atoms with Crippen LogP contribution in [-0.4, -0.2) is 22.3 Å². The van der Waals surface area contributed by atoms with Gasteiger partial charge in [-0.2, -0.15) is 5.10 Å². The number of aromatic nitrogens is 2. The molecular formula is C19H18ClN3O2. The molecule has 3 aromatic rings. The highest BCUT2D eigenvalue weighted by molar-refractivity contribution is 6.35. The van der Waals surface area contributed by atoms with Crippen LogP contribution in [0.2, 0.25) is 5.02 Å². The van der Waals surface area contributed by atoms with Crippen molar-refractivity contribution in [1.82, 2.24) is 15.1 Å². The Morgan fingerprint density at radius 2 is 2.16 bits per heavy atom. The van der Waals surface area contributed by atoms with E-state index in [2.05, 4.69) is 10.4 Å². The average Bonchev–Trinajstić information content (AvgIpc) is 2.96. The van der Waals surface area contributed by atoms with E-state index in [0.717, 1.165) is 27.9 Å². The molecule has 1 amide bonds. The smallest absolute Gasteiger partial charge is 0.227 e. The zero-order valence-electron chi connectivity index (χ0n) is 13.8. The van der Waals surface area contributed by atoms with Gasteiger partial charge in [-0.3, -0.25) is 9.48 Å². The number of carbonyl (C=O) groups excluding carboxylic acids is 1. The van der Waals surface area contributed by atoms with Crippen molar-refractivity contribution in [1.29, 1.82) is 0 Å². The summed E-state index contributed by atoms with van der Waals surface area (Å²) in [7, 11) is 1.87. The molecular weight excluding hydrogens is 338 g/mol. The lowest BCUT2D eigenvalue weighted by molar-refractivity contribution is -0.126. The van der Waals surface area contributed by atoms with E-state index in [-0.39, 0.29) is 11.8 Å². The minimum atomic E-state index is -0.194. The fourth-order valence-electron chi connectivity index (χ4n) is 3.29. The van der Waals surface area contributed by atoms with Gasteiger partial charge in [0, 0.05) is 12.4 Å². The van der Waals surface area contributed by atoms with E-state index >= 15 is 0 Å². The monoisotopic (exact) mass is 355 g/mol. The summed E-state index contributed by atoms with van der Waals surface area (Å²) in [6, 6.07) is 13.5. The molecule has 25 heavy (non-hydrogen) atoms. The van der Waals surface area contributed by atoms with Gasteiger partial charge in [-0.25, -0.2) is 0 Å². The van der Waals surface area contributed by atoms with Crippen LogP contribution in [0.15, 0.2) is 42.5 Å². The molecule has 0 spiro atoms. The highest BCUT2D eigenvalue weighted by atomic mass is 35.5. The second kappa shape index (κ2) is 6.41. The van der Waals surface area contributed by atoms with Crippen molar-refractivity contribution in [3.05, 3.63) is 58.7 Å². The molecule has 2 aromatic carbocycles. The van der Waals surface area contributed by atoms with E-state index in [0.29, 0.717) is 24.6 Å². The van der Waals surface area contributed by atoms with Crippen LogP contribution < -0.4 is 10.1 Å². The Hall–Kier alpha value is -2.53. The first-order valence-corrected chi connectivity index (χ1v) is 8.60. The first kappa shape index (κ1) is 16.0. The number of benzene rings is 2. The number of aryl methyl sites for hydroxylation is 1. The summed E-state index contributed by atoms with van der Waals surface area (Å²) >= 11 is 6.31. The van der Waals surface area contributed by atoms with Crippen LogP contribution in [-0.2, 0) is 24.8 Å². The summed E-state index contributed by atoms with van der Waals surface area (Å²) in [4.78, 5) is 12.6. The molecule has 1 aliphatic heterocycles. The first-order chi connectivity index (χ1) is 12.1. The molecule has 0 bridgehead atoms. The van der Waals surface area contributed by atoms with E-state index in [1.807, 2.05) is 49.5 Å². The molecule has 1 aliphatic rings. The van der Waals surface area contributed by atoms with E-state index in [1.165, 1.54) is 0 Å². The van der Waals surface area contributed by atoms with E-state index in [4.69, 9.17) is 16.3 Å². The van der Waals surface area contributed by atoms with Gasteiger partial charge in [0.25, 0.3) is 0 Å². The third-order valence-corrected chi connectivity index (χ3v) is 4.89. The standard InChI is InChI=1S/C19H18ClN3O2/c1-23-16-7-4-6-14(20)18(16)15(22-23)10-21-19(24)13-9-12-5-2-3-8-17(12)25-11-13/h2-8,13H,9-11H2,1H3,(H,21,24)/t13-/m0/s1. The van der Waals surface area contributed by atoms with Crippen molar-refractivity contribution in [3.8, 4) is 5.75 Å². The number of rotatable bonds is 3. The lowest BCUT2D eigenvalue weighted by Crippen LogP contribution is -2.37. The van der Waals surface area contributed by atoms with Crippen molar-refractivity contribution < 1.29 is 9.53 Å². The van der Waals surface area contributed by atoms with Gasteiger partial charge < -0.3 is 10.1 Å². The van der Waals surface area contributed by atoms with Gasteiger partial charge in [0.05, 0.1) is 28.7 Å². The third kappa shape index (κ3) is 2.96. The van der Waals surface area contributed by atoms with Gasteiger partial charge in [-0.15, -0.1) is 0 Å². The molecule has 5 nitrogen and oxygen atoms in total. The van der Waals surface area contributed by atoms with Crippen molar-refractivity contribution in [2.75, 3.05) is 6.61 Å². The molecule has 2 heterocycles. The van der Waals surface area contributed by atoms with Crippen LogP contribution in [0.25, 0.3) is 10.9 Å². The number of hydrogen-bond acceptors (Lipinski definition) is 3. The zero-order chi connectivity index (χ0) is 17.4. The Morgan fingerprint density at radius 1 is 1.32 bits per heavy atom. The van der Waals surface area contributed by atoms with Crippen LogP contribution in [0, 0.1) is 5.92 Å². The predicted octanol–water partition coefficient (Wildman–Crippen LogP) is 3.09. The second-order valence-corrected chi connectivity index (χ2v) is 6.65. The van der Waals surface area contributed by atoms with Crippen LogP contribution in [0.4, 0.5) is 0 Å². The third-order valence-electron chi connectivity index (χ3n) is 4.58. The maximum Gasteiger partial charge on any atom is 0.227 e. The SMILES string of the molecule is Cn1nc(CNC(=O)[C@@H]2COc3ccccc3C2)c2c(Cl)cccc21. The van der Waals surface area contributed by atoms with E-state index < -0.39 is 0 Å². The fourth-order valence-corrected chi connectivity index (χ4v) is 3.57. The summed E-state index contributed by atoms with van der Waals surface area (Å²) in [5.74, 6) is 0.648. The molecule has 0 radical (unpaired) electrons. The van der Waals surface area contributed by atoms with Crippen LogP contribution >= 0.6 is 11.6 Å². The molecule has 128 valence electrons. The number of nitrogens with one attached hydrogen (secondary N) is 1. The fraction of sp³-hybridized carbons (Fsp3) is 0.263. The quantitative estimate of drug-likeness (QED) is 0.785. The Morgan fingerprint density at radius 3 is 3.04 bits per heavy atom. The van der Waals surface area contributed by atoms with Gasteiger partial charge >= 0.3 is 0 Å². The Balaban J connectivity index is 1.48. The van der Waals surface area contributed by atoms with Gasteiger partial charge in [-0.1, -0.05) is 35.9 Å². The minimum Gasteiger partial charge on any atom is -0.492 e. The number of nitrogens with zero attached hydrogens (tertiary/aromatic N) is 2. The Labute approximate surface area is 150 Å². The number of carbonyl (C=O) groups is 1. The summed E-state index contributed by atoms with van der Waals surface area (Å²) < 4.78 is 7.48. The van der Waals surface area contributed by atoms with E-state index in [9.17, 15) is 4.79 Å². The molecule has 1 aromatic heterocycles. The van der Waals surface area contributed by atoms with Crippen molar-refractivity contribution in [3.63, 3.8) is 0 Å². The number of hydrogen-bond donors (Lipinski definition) is 1. The molecule has 0 saturated carbocycles. The molecule has 4 rings (SSSR count). The molecule has 1 N–H and O–H groups in total. The Bertz CT molecular complexity index is 951. The lowest BCUT2D eigenvalue weighted by Gasteiger charge is -2.24. The maximum atomic E-state index is 12.6. The van der Waals surface area contributed by atoms with Gasteiger partial charge in [-0.05, 0) is 30.2 Å². The highest BCUT2D eigenvalue weighted by Gasteiger charge is 2.26. The number of amides is 1. The largest absolute Gasteiger partial charge is 0.492 e. The van der Waals surface area contributed by atoms with Crippen molar-refractivity contribution >= 4 is 28.4 Å².